The van der Waals surface area contributed by atoms with Crippen LogP contribution >= 0.6 is 0 Å². The molecule has 1 aromatic carbocycles. The second-order valence-electron chi connectivity index (χ2n) is 4.98. The minimum absolute atomic E-state index is 0.0189. The predicted molar refractivity (Wildman–Crippen MR) is 75.8 cm³/mol. The van der Waals surface area contributed by atoms with Gasteiger partial charge in [-0.05, 0) is 19.1 Å². The Hall–Kier alpha value is -2.46. The molecule has 2 rings (SSSR count). The van der Waals surface area contributed by atoms with E-state index in [4.69, 9.17) is 5.26 Å². The van der Waals surface area contributed by atoms with Gasteiger partial charge in [-0.1, -0.05) is 0 Å². The summed E-state index contributed by atoms with van der Waals surface area (Å²) in [7, 11) is 0. The van der Waals surface area contributed by atoms with Gasteiger partial charge in [-0.15, -0.1) is 0 Å². The van der Waals surface area contributed by atoms with Gasteiger partial charge in [0, 0.05) is 43.4 Å². The number of nitrogens with zero attached hydrogens (tertiary/aromatic N) is 4. The largest absolute Gasteiger partial charge is 0.336 e. The third kappa shape index (κ3) is 3.35. The second-order valence-corrected chi connectivity index (χ2v) is 4.98. The van der Waals surface area contributed by atoms with E-state index >= 15 is 0 Å². The van der Waals surface area contributed by atoms with Crippen molar-refractivity contribution in [1.29, 1.82) is 5.26 Å². The van der Waals surface area contributed by atoms with Crippen LogP contribution in [0.4, 0.5) is 5.69 Å². The van der Waals surface area contributed by atoms with E-state index in [2.05, 4.69) is 6.07 Å². The van der Waals surface area contributed by atoms with Gasteiger partial charge < -0.3 is 4.90 Å². The summed E-state index contributed by atoms with van der Waals surface area (Å²) in [5.41, 5.74) is 0.964. The Balaban J connectivity index is 2.06. The van der Waals surface area contributed by atoms with Gasteiger partial charge in [-0.2, -0.15) is 5.26 Å². The number of nitriles is 1. The zero-order valence-electron chi connectivity index (χ0n) is 11.8. The average Bonchev–Trinajstić information content (AvgIpc) is 2.47. The van der Waals surface area contributed by atoms with Crippen molar-refractivity contribution in [3.63, 3.8) is 0 Å². The topological polar surface area (TPSA) is 90.5 Å². The van der Waals surface area contributed by atoms with Gasteiger partial charge >= 0.3 is 0 Å². The molecule has 1 fully saturated rings. The van der Waals surface area contributed by atoms with Crippen molar-refractivity contribution in [2.45, 2.75) is 6.92 Å². The van der Waals surface area contributed by atoms with Gasteiger partial charge in [0.1, 0.15) is 0 Å². The summed E-state index contributed by atoms with van der Waals surface area (Å²) in [5, 5.41) is 19.4. The monoisotopic (exact) mass is 288 g/mol. The van der Waals surface area contributed by atoms with Crippen LogP contribution in [0.3, 0.4) is 0 Å². The van der Waals surface area contributed by atoms with Crippen LogP contribution in [0.2, 0.25) is 0 Å². The maximum Gasteiger partial charge on any atom is 0.272 e. The lowest BCUT2D eigenvalue weighted by Crippen LogP contribution is -2.48. The van der Waals surface area contributed by atoms with Crippen molar-refractivity contribution >= 4 is 11.6 Å². The van der Waals surface area contributed by atoms with E-state index in [0.29, 0.717) is 43.9 Å². The van der Waals surface area contributed by atoms with Crippen molar-refractivity contribution in [2.75, 3.05) is 32.7 Å². The molecular weight excluding hydrogens is 272 g/mol. The first-order valence-corrected chi connectivity index (χ1v) is 6.66. The molecule has 0 aromatic heterocycles. The Morgan fingerprint density at radius 1 is 1.38 bits per heavy atom. The van der Waals surface area contributed by atoms with E-state index in [1.807, 2.05) is 4.90 Å². The molecule has 0 radical (unpaired) electrons. The first-order chi connectivity index (χ1) is 10.0. The molecule has 0 spiro atoms. The number of benzene rings is 1. The molecule has 1 heterocycles. The Morgan fingerprint density at radius 3 is 2.57 bits per heavy atom. The van der Waals surface area contributed by atoms with Gasteiger partial charge in [0.05, 0.1) is 17.5 Å². The van der Waals surface area contributed by atoms with Gasteiger partial charge in [-0.25, -0.2) is 0 Å². The summed E-state index contributed by atoms with van der Waals surface area (Å²) in [6.07, 6.45) is 0. The molecule has 0 saturated carbocycles. The summed E-state index contributed by atoms with van der Waals surface area (Å²) < 4.78 is 0. The van der Waals surface area contributed by atoms with Gasteiger partial charge in [-0.3, -0.25) is 19.8 Å². The number of amides is 1. The second kappa shape index (κ2) is 6.33. The molecule has 7 heteroatoms. The number of hydrogen-bond donors (Lipinski definition) is 0. The molecule has 1 saturated heterocycles. The van der Waals surface area contributed by atoms with E-state index in [0.717, 1.165) is 0 Å². The number of aryl methyl sites for hydroxylation is 1. The molecule has 1 aliphatic heterocycles. The van der Waals surface area contributed by atoms with Crippen LogP contribution in [-0.4, -0.2) is 53.4 Å². The van der Waals surface area contributed by atoms with Crippen molar-refractivity contribution < 1.29 is 9.72 Å². The zero-order valence-corrected chi connectivity index (χ0v) is 11.8. The normalized spacial score (nSPS) is 15.5. The fourth-order valence-corrected chi connectivity index (χ4v) is 2.38. The lowest BCUT2D eigenvalue weighted by atomic mass is 10.1. The number of rotatable bonds is 3. The number of nitro groups is 1. The van der Waals surface area contributed by atoms with Crippen molar-refractivity contribution in [2.24, 2.45) is 0 Å². The summed E-state index contributed by atoms with van der Waals surface area (Å²) in [6.45, 7) is 4.47. The molecule has 110 valence electrons. The molecule has 1 aromatic rings. The fraction of sp³-hybridized carbons (Fsp3) is 0.429. The number of hydrogen-bond acceptors (Lipinski definition) is 5. The Kier molecular flexibility index (Phi) is 4.50. The number of piperazine rings is 1. The van der Waals surface area contributed by atoms with Crippen LogP contribution in [0.15, 0.2) is 18.2 Å². The molecule has 21 heavy (non-hydrogen) atoms. The standard InChI is InChI=1S/C14H16N4O3/c1-11-10-12(2-3-13(11)18(20)21)14(19)17-8-6-16(5-4-15)7-9-17/h2-3,10H,5-9H2,1H3. The van der Waals surface area contributed by atoms with Crippen LogP contribution in [-0.2, 0) is 0 Å². The molecule has 0 bridgehead atoms. The number of carbonyl (C=O) groups is 1. The highest BCUT2D eigenvalue weighted by molar-refractivity contribution is 5.94. The summed E-state index contributed by atoms with van der Waals surface area (Å²) in [6, 6.07) is 6.52. The first-order valence-electron chi connectivity index (χ1n) is 6.66. The van der Waals surface area contributed by atoms with Gasteiger partial charge in [0.15, 0.2) is 0 Å². The first kappa shape index (κ1) is 14.9. The van der Waals surface area contributed by atoms with Gasteiger partial charge in [0.25, 0.3) is 11.6 Å². The number of carbonyl (C=O) groups excluding carboxylic acids is 1. The highest BCUT2D eigenvalue weighted by atomic mass is 16.6. The highest BCUT2D eigenvalue weighted by Crippen LogP contribution is 2.20. The Bertz CT molecular complexity index is 601. The number of nitro benzene ring substituents is 1. The molecule has 0 atom stereocenters. The van der Waals surface area contributed by atoms with E-state index < -0.39 is 4.92 Å². The van der Waals surface area contributed by atoms with Gasteiger partial charge in [0.2, 0.25) is 0 Å². The quantitative estimate of drug-likeness (QED) is 0.473. The van der Waals surface area contributed by atoms with Crippen molar-refractivity contribution in [1.82, 2.24) is 9.80 Å². The lowest BCUT2D eigenvalue weighted by molar-refractivity contribution is -0.385. The van der Waals surface area contributed by atoms with E-state index in [9.17, 15) is 14.9 Å². The van der Waals surface area contributed by atoms with Crippen molar-refractivity contribution in [3.05, 3.63) is 39.4 Å². The zero-order chi connectivity index (χ0) is 15.4. The van der Waals surface area contributed by atoms with Crippen LogP contribution in [0.25, 0.3) is 0 Å². The van der Waals surface area contributed by atoms with E-state index in [-0.39, 0.29) is 11.6 Å². The van der Waals surface area contributed by atoms with Crippen molar-refractivity contribution in [3.8, 4) is 6.07 Å². The average molecular weight is 288 g/mol. The smallest absolute Gasteiger partial charge is 0.272 e. The Labute approximate surface area is 122 Å². The van der Waals surface area contributed by atoms with Crippen LogP contribution in [0.5, 0.6) is 0 Å². The third-order valence-electron chi connectivity index (χ3n) is 3.59. The van der Waals surface area contributed by atoms with Crippen LogP contribution < -0.4 is 0 Å². The minimum Gasteiger partial charge on any atom is -0.336 e. The van der Waals surface area contributed by atoms with Crippen LogP contribution in [0.1, 0.15) is 15.9 Å². The summed E-state index contributed by atoms with van der Waals surface area (Å²) in [4.78, 5) is 26.4. The molecule has 7 nitrogen and oxygen atoms in total. The predicted octanol–water partition coefficient (Wildman–Crippen LogP) is 1.18. The molecular formula is C14H16N4O3. The molecule has 0 unspecified atom stereocenters. The van der Waals surface area contributed by atoms with E-state index in [1.165, 1.54) is 12.1 Å². The molecule has 0 N–H and O–H groups in total. The molecule has 0 aliphatic carbocycles. The summed E-state index contributed by atoms with van der Waals surface area (Å²) in [5.74, 6) is -0.121. The van der Waals surface area contributed by atoms with Crippen LogP contribution in [0, 0.1) is 28.4 Å². The maximum absolute atomic E-state index is 12.4. The van der Waals surface area contributed by atoms with E-state index in [1.54, 1.807) is 17.9 Å². The minimum atomic E-state index is -0.454. The molecule has 1 aliphatic rings. The Morgan fingerprint density at radius 2 is 2.05 bits per heavy atom. The highest BCUT2D eigenvalue weighted by Gasteiger charge is 2.23. The molecule has 1 amide bonds. The third-order valence-corrected chi connectivity index (χ3v) is 3.59. The summed E-state index contributed by atoms with van der Waals surface area (Å²) >= 11 is 0. The lowest BCUT2D eigenvalue weighted by Gasteiger charge is -2.33. The fourth-order valence-electron chi connectivity index (χ4n) is 2.38. The SMILES string of the molecule is Cc1cc(C(=O)N2CCN(CC#N)CC2)ccc1[N+](=O)[O-]. The maximum atomic E-state index is 12.4.